The molecule has 1 aromatic rings. The first kappa shape index (κ1) is 17.7. The van der Waals surface area contributed by atoms with Crippen molar-refractivity contribution in [1.82, 2.24) is 10.6 Å². The summed E-state index contributed by atoms with van der Waals surface area (Å²) in [5.41, 5.74) is 0. The number of rotatable bonds is 4. The van der Waals surface area contributed by atoms with Crippen molar-refractivity contribution in [3.8, 4) is 0 Å². The Labute approximate surface area is 138 Å². The third kappa shape index (κ3) is 5.49. The van der Waals surface area contributed by atoms with Gasteiger partial charge < -0.3 is 5.32 Å². The van der Waals surface area contributed by atoms with Gasteiger partial charge in [0, 0.05) is 10.9 Å². The molecule has 126 valence electrons. The maximum Gasteiger partial charge on any atom is 0.321 e. The fraction of sp³-hybridized carbons (Fsp3) is 0.500. The Morgan fingerprint density at radius 3 is 2.65 bits per heavy atom. The van der Waals surface area contributed by atoms with Crippen LogP contribution >= 0.6 is 11.8 Å². The molecule has 3 amide bonds. The molecule has 4 nitrogen and oxygen atoms in total. The molecule has 1 aliphatic carbocycles. The van der Waals surface area contributed by atoms with E-state index in [1.807, 2.05) is 0 Å². The quantitative estimate of drug-likeness (QED) is 0.824. The van der Waals surface area contributed by atoms with Gasteiger partial charge in [-0.1, -0.05) is 19.8 Å². The molecule has 1 aliphatic rings. The second-order valence-corrected chi connectivity index (χ2v) is 6.80. The van der Waals surface area contributed by atoms with Crippen LogP contribution in [-0.4, -0.2) is 23.7 Å². The lowest BCUT2D eigenvalue weighted by atomic mass is 9.86. The smallest absolute Gasteiger partial charge is 0.321 e. The van der Waals surface area contributed by atoms with Crippen molar-refractivity contribution in [2.24, 2.45) is 5.92 Å². The second-order valence-electron chi connectivity index (χ2n) is 5.75. The number of benzene rings is 1. The first-order valence-electron chi connectivity index (χ1n) is 7.64. The SMILES string of the molecule is CC1CCCCC1NC(=O)NC(=O)CSc1ccc(F)c(F)c1. The van der Waals surface area contributed by atoms with Crippen molar-refractivity contribution in [2.45, 2.75) is 43.5 Å². The van der Waals surface area contributed by atoms with Crippen LogP contribution < -0.4 is 10.6 Å². The summed E-state index contributed by atoms with van der Waals surface area (Å²) in [6.07, 6.45) is 4.25. The van der Waals surface area contributed by atoms with Crippen LogP contribution in [0.3, 0.4) is 0 Å². The van der Waals surface area contributed by atoms with Crippen molar-refractivity contribution < 1.29 is 18.4 Å². The largest absolute Gasteiger partial charge is 0.335 e. The summed E-state index contributed by atoms with van der Waals surface area (Å²) >= 11 is 1.04. The molecule has 2 unspecified atom stereocenters. The predicted octanol–water partition coefficient (Wildman–Crippen LogP) is 3.46. The predicted molar refractivity (Wildman–Crippen MR) is 85.2 cm³/mol. The molecule has 0 spiro atoms. The van der Waals surface area contributed by atoms with Gasteiger partial charge >= 0.3 is 6.03 Å². The maximum atomic E-state index is 13.1. The summed E-state index contributed by atoms with van der Waals surface area (Å²) in [6, 6.07) is 3.01. The molecule has 1 fully saturated rings. The van der Waals surface area contributed by atoms with E-state index < -0.39 is 23.6 Å². The van der Waals surface area contributed by atoms with Gasteiger partial charge in [-0.05, 0) is 37.0 Å². The summed E-state index contributed by atoms with van der Waals surface area (Å²) < 4.78 is 25.9. The highest BCUT2D eigenvalue weighted by Crippen LogP contribution is 2.23. The van der Waals surface area contributed by atoms with Gasteiger partial charge in [-0.3, -0.25) is 10.1 Å². The number of carbonyl (C=O) groups excluding carboxylic acids is 2. The van der Waals surface area contributed by atoms with Crippen molar-refractivity contribution in [3.05, 3.63) is 29.8 Å². The molecule has 1 aromatic carbocycles. The number of urea groups is 1. The Kier molecular flexibility index (Phi) is 6.38. The van der Waals surface area contributed by atoms with Gasteiger partial charge in [-0.15, -0.1) is 11.8 Å². The molecule has 1 saturated carbocycles. The molecule has 2 atom stereocenters. The zero-order chi connectivity index (χ0) is 16.8. The van der Waals surface area contributed by atoms with Crippen LogP contribution in [0, 0.1) is 17.6 Å². The number of amides is 3. The van der Waals surface area contributed by atoms with E-state index in [1.165, 1.54) is 12.5 Å². The Morgan fingerprint density at radius 2 is 1.96 bits per heavy atom. The minimum atomic E-state index is -0.959. The van der Waals surface area contributed by atoms with Gasteiger partial charge in [-0.2, -0.15) is 0 Å². The molecule has 7 heteroatoms. The van der Waals surface area contributed by atoms with Gasteiger partial charge in [0.1, 0.15) is 0 Å². The zero-order valence-corrected chi connectivity index (χ0v) is 13.7. The van der Waals surface area contributed by atoms with Crippen LogP contribution in [0.15, 0.2) is 23.1 Å². The van der Waals surface area contributed by atoms with Gasteiger partial charge in [0.05, 0.1) is 5.75 Å². The Morgan fingerprint density at radius 1 is 1.22 bits per heavy atom. The highest BCUT2D eigenvalue weighted by atomic mass is 32.2. The van der Waals surface area contributed by atoms with Gasteiger partial charge in [0.15, 0.2) is 11.6 Å². The van der Waals surface area contributed by atoms with E-state index in [2.05, 4.69) is 17.6 Å². The van der Waals surface area contributed by atoms with E-state index in [0.717, 1.165) is 43.2 Å². The highest BCUT2D eigenvalue weighted by Gasteiger charge is 2.23. The molecule has 0 bridgehead atoms. The number of hydrogen-bond acceptors (Lipinski definition) is 3. The molecular formula is C16H20F2N2O2S. The minimum absolute atomic E-state index is 0.0429. The molecule has 2 rings (SSSR count). The van der Waals surface area contributed by atoms with Gasteiger partial charge in [0.25, 0.3) is 0 Å². The summed E-state index contributed by atoms with van der Waals surface area (Å²) in [4.78, 5) is 24.0. The average Bonchev–Trinajstić information content (AvgIpc) is 2.51. The normalized spacial score (nSPS) is 20.8. The van der Waals surface area contributed by atoms with Crippen LogP contribution in [0.1, 0.15) is 32.6 Å². The molecule has 0 heterocycles. The summed E-state index contributed by atoms with van der Waals surface area (Å²) in [5, 5.41) is 5.09. The van der Waals surface area contributed by atoms with Crippen molar-refractivity contribution in [1.29, 1.82) is 0 Å². The van der Waals surface area contributed by atoms with Crippen LogP contribution in [0.4, 0.5) is 13.6 Å². The zero-order valence-electron chi connectivity index (χ0n) is 12.9. The minimum Gasteiger partial charge on any atom is -0.335 e. The fourth-order valence-corrected chi connectivity index (χ4v) is 3.33. The monoisotopic (exact) mass is 342 g/mol. The second kappa shape index (κ2) is 8.29. The lowest BCUT2D eigenvalue weighted by Gasteiger charge is -2.29. The standard InChI is InChI=1S/C16H20F2N2O2S/c1-10-4-2-3-5-14(10)19-16(22)20-15(21)9-23-11-6-7-12(17)13(18)8-11/h6-8,10,14H,2-5,9H2,1H3,(H2,19,20,21,22). The van der Waals surface area contributed by atoms with E-state index in [9.17, 15) is 18.4 Å². The van der Waals surface area contributed by atoms with Crippen molar-refractivity contribution in [2.75, 3.05) is 5.75 Å². The maximum absolute atomic E-state index is 13.1. The van der Waals surface area contributed by atoms with Crippen LogP contribution in [0.2, 0.25) is 0 Å². The lowest BCUT2D eigenvalue weighted by molar-refractivity contribution is -0.117. The molecule has 0 radical (unpaired) electrons. The summed E-state index contributed by atoms with van der Waals surface area (Å²) in [7, 11) is 0. The molecule has 23 heavy (non-hydrogen) atoms. The number of nitrogens with one attached hydrogen (secondary N) is 2. The third-order valence-electron chi connectivity index (χ3n) is 3.94. The Balaban J connectivity index is 1.75. The first-order chi connectivity index (χ1) is 11.0. The lowest BCUT2D eigenvalue weighted by Crippen LogP contribution is -2.48. The fourth-order valence-electron chi connectivity index (χ4n) is 2.61. The van der Waals surface area contributed by atoms with Crippen LogP contribution in [0.5, 0.6) is 0 Å². The number of thioether (sulfide) groups is 1. The van der Waals surface area contributed by atoms with Crippen molar-refractivity contribution >= 4 is 23.7 Å². The molecule has 2 N–H and O–H groups in total. The van der Waals surface area contributed by atoms with E-state index in [4.69, 9.17) is 0 Å². The molecular weight excluding hydrogens is 322 g/mol. The number of carbonyl (C=O) groups is 2. The highest BCUT2D eigenvalue weighted by molar-refractivity contribution is 8.00. The Bertz CT molecular complexity index is 583. The third-order valence-corrected chi connectivity index (χ3v) is 4.94. The average molecular weight is 342 g/mol. The van der Waals surface area contributed by atoms with Crippen LogP contribution in [-0.2, 0) is 4.79 Å². The molecule has 0 aromatic heterocycles. The van der Waals surface area contributed by atoms with E-state index in [0.29, 0.717) is 10.8 Å². The molecule has 0 saturated heterocycles. The van der Waals surface area contributed by atoms with E-state index in [-0.39, 0.29) is 11.8 Å². The van der Waals surface area contributed by atoms with Crippen molar-refractivity contribution in [3.63, 3.8) is 0 Å². The van der Waals surface area contributed by atoms with Gasteiger partial charge in [-0.25, -0.2) is 13.6 Å². The number of imide groups is 1. The Hall–Kier alpha value is -1.63. The first-order valence-corrected chi connectivity index (χ1v) is 8.62. The van der Waals surface area contributed by atoms with E-state index >= 15 is 0 Å². The topological polar surface area (TPSA) is 58.2 Å². The summed E-state index contributed by atoms with van der Waals surface area (Å²) in [5.74, 6) is -2.00. The van der Waals surface area contributed by atoms with Gasteiger partial charge in [0.2, 0.25) is 5.91 Å². The molecule has 0 aliphatic heterocycles. The van der Waals surface area contributed by atoms with E-state index in [1.54, 1.807) is 0 Å². The number of hydrogen-bond donors (Lipinski definition) is 2. The summed E-state index contributed by atoms with van der Waals surface area (Å²) in [6.45, 7) is 2.09. The van der Waals surface area contributed by atoms with Crippen LogP contribution in [0.25, 0.3) is 0 Å². The number of halogens is 2.